The maximum atomic E-state index is 11.3. The summed E-state index contributed by atoms with van der Waals surface area (Å²) in [6.07, 6.45) is 5.26. The smallest absolute Gasteiger partial charge is 0.311 e. The Morgan fingerprint density at radius 1 is 1.40 bits per heavy atom. The number of halogens is 1. The van der Waals surface area contributed by atoms with E-state index in [-0.39, 0.29) is 19.0 Å². The first kappa shape index (κ1) is 11.8. The molecule has 0 aliphatic heterocycles. The highest BCUT2D eigenvalue weighted by molar-refractivity contribution is 9.08. The molecule has 78 valence electrons. The number of alkyl halides is 1. The lowest BCUT2D eigenvalue weighted by molar-refractivity contribution is -0.141. The zero-order chi connectivity index (χ0) is 11.1. The average Bonchev–Trinajstić information content (AvgIpc) is 2.27. The summed E-state index contributed by atoms with van der Waals surface area (Å²) >= 11 is 3.37. The van der Waals surface area contributed by atoms with Crippen molar-refractivity contribution in [3.05, 3.63) is 35.4 Å². The lowest BCUT2D eigenvalue weighted by Gasteiger charge is -2.05. The van der Waals surface area contributed by atoms with E-state index in [4.69, 9.17) is 11.2 Å². The molecule has 0 fully saturated rings. The standard InChI is InChI=1S/C12H11BrO2/c1-2-7-15-12(14)8-10-5-3-4-6-11(10)9-13/h1,3-6H,7-9H2. The SMILES string of the molecule is C#CCOC(=O)Cc1ccccc1CBr. The quantitative estimate of drug-likeness (QED) is 0.475. The predicted molar refractivity (Wildman–Crippen MR) is 62.6 cm³/mol. The molecule has 0 N–H and O–H groups in total. The van der Waals surface area contributed by atoms with E-state index in [1.165, 1.54) is 0 Å². The normalized spacial score (nSPS) is 9.33. The first-order chi connectivity index (χ1) is 7.27. The summed E-state index contributed by atoms with van der Waals surface area (Å²) in [5.41, 5.74) is 2.06. The topological polar surface area (TPSA) is 26.3 Å². The minimum Gasteiger partial charge on any atom is -0.452 e. The zero-order valence-electron chi connectivity index (χ0n) is 8.20. The van der Waals surface area contributed by atoms with Gasteiger partial charge in [-0.2, -0.15) is 0 Å². The fourth-order valence-corrected chi connectivity index (χ4v) is 1.74. The number of benzene rings is 1. The Kier molecular flexibility index (Phi) is 4.92. The van der Waals surface area contributed by atoms with Crippen LogP contribution in [0.25, 0.3) is 0 Å². The van der Waals surface area contributed by atoms with Crippen molar-refractivity contribution in [2.24, 2.45) is 0 Å². The van der Waals surface area contributed by atoms with Gasteiger partial charge >= 0.3 is 5.97 Å². The second kappa shape index (κ2) is 6.26. The van der Waals surface area contributed by atoms with Crippen LogP contribution in [0.1, 0.15) is 11.1 Å². The summed E-state index contributed by atoms with van der Waals surface area (Å²) < 4.78 is 4.80. The molecule has 0 aliphatic rings. The molecular formula is C12H11BrO2. The van der Waals surface area contributed by atoms with Gasteiger partial charge in [0.1, 0.15) is 0 Å². The van der Waals surface area contributed by atoms with E-state index in [0.717, 1.165) is 16.5 Å². The molecule has 0 saturated carbocycles. The Labute approximate surface area is 97.8 Å². The van der Waals surface area contributed by atoms with Crippen LogP contribution >= 0.6 is 15.9 Å². The van der Waals surface area contributed by atoms with E-state index in [0.29, 0.717) is 0 Å². The summed E-state index contributed by atoms with van der Waals surface area (Å²) in [6.45, 7) is 0.0370. The molecule has 15 heavy (non-hydrogen) atoms. The van der Waals surface area contributed by atoms with Gasteiger partial charge in [0.05, 0.1) is 6.42 Å². The number of ether oxygens (including phenoxy) is 1. The van der Waals surface area contributed by atoms with Gasteiger partial charge in [-0.15, -0.1) is 6.42 Å². The van der Waals surface area contributed by atoms with E-state index in [9.17, 15) is 4.79 Å². The van der Waals surface area contributed by atoms with Gasteiger partial charge in [0.15, 0.2) is 6.61 Å². The van der Waals surface area contributed by atoms with Crippen molar-refractivity contribution in [2.45, 2.75) is 11.8 Å². The highest BCUT2D eigenvalue weighted by Crippen LogP contribution is 2.13. The Balaban J connectivity index is 2.64. The fraction of sp³-hybridized carbons (Fsp3) is 0.250. The summed E-state index contributed by atoms with van der Waals surface area (Å²) in [7, 11) is 0. The first-order valence-corrected chi connectivity index (χ1v) is 5.62. The van der Waals surface area contributed by atoms with Gasteiger partial charge in [-0.25, -0.2) is 0 Å². The Hall–Kier alpha value is -1.27. The molecule has 0 radical (unpaired) electrons. The van der Waals surface area contributed by atoms with Crippen molar-refractivity contribution >= 4 is 21.9 Å². The van der Waals surface area contributed by atoms with Crippen LogP contribution in [0.3, 0.4) is 0 Å². The Morgan fingerprint density at radius 2 is 2.07 bits per heavy atom. The van der Waals surface area contributed by atoms with Crippen LogP contribution in [0, 0.1) is 12.3 Å². The third kappa shape index (κ3) is 3.77. The molecule has 0 amide bonds. The highest BCUT2D eigenvalue weighted by atomic mass is 79.9. The van der Waals surface area contributed by atoms with Gasteiger partial charge in [0, 0.05) is 5.33 Å². The number of carbonyl (C=O) groups is 1. The monoisotopic (exact) mass is 266 g/mol. The summed E-state index contributed by atoms with van der Waals surface area (Å²) in [5.74, 6) is 1.97. The summed E-state index contributed by atoms with van der Waals surface area (Å²) in [4.78, 5) is 11.3. The van der Waals surface area contributed by atoms with Gasteiger partial charge in [-0.05, 0) is 11.1 Å². The molecule has 0 aromatic heterocycles. The molecule has 3 heteroatoms. The number of hydrogen-bond donors (Lipinski definition) is 0. The Morgan fingerprint density at radius 3 is 2.67 bits per heavy atom. The summed E-state index contributed by atoms with van der Waals surface area (Å²) in [5, 5.41) is 0.728. The van der Waals surface area contributed by atoms with Crippen molar-refractivity contribution in [1.29, 1.82) is 0 Å². The molecule has 0 heterocycles. The minimum absolute atomic E-state index is 0.0370. The number of esters is 1. The maximum absolute atomic E-state index is 11.3. The average molecular weight is 267 g/mol. The van der Waals surface area contributed by atoms with Gasteiger partial charge in [0.25, 0.3) is 0 Å². The fourth-order valence-electron chi connectivity index (χ4n) is 1.19. The lowest BCUT2D eigenvalue weighted by atomic mass is 10.1. The van der Waals surface area contributed by atoms with E-state index in [2.05, 4.69) is 21.9 Å². The molecule has 0 saturated heterocycles. The molecule has 0 spiro atoms. The van der Waals surface area contributed by atoms with Crippen LogP contribution in [0.4, 0.5) is 0 Å². The minimum atomic E-state index is -0.290. The van der Waals surface area contributed by atoms with Gasteiger partial charge in [0.2, 0.25) is 0 Å². The van der Waals surface area contributed by atoms with Crippen LogP contribution in [-0.4, -0.2) is 12.6 Å². The van der Waals surface area contributed by atoms with Gasteiger partial charge < -0.3 is 4.74 Å². The van der Waals surface area contributed by atoms with Crippen LogP contribution in [0.2, 0.25) is 0 Å². The predicted octanol–water partition coefficient (Wildman–Crippen LogP) is 2.30. The zero-order valence-corrected chi connectivity index (χ0v) is 9.79. The molecule has 2 nitrogen and oxygen atoms in total. The highest BCUT2D eigenvalue weighted by Gasteiger charge is 2.07. The number of hydrogen-bond acceptors (Lipinski definition) is 2. The molecule has 0 atom stereocenters. The van der Waals surface area contributed by atoms with Crippen LogP contribution in [0.15, 0.2) is 24.3 Å². The van der Waals surface area contributed by atoms with Crippen molar-refractivity contribution in [1.82, 2.24) is 0 Å². The molecular weight excluding hydrogens is 256 g/mol. The van der Waals surface area contributed by atoms with Crippen LogP contribution in [-0.2, 0) is 21.3 Å². The first-order valence-electron chi connectivity index (χ1n) is 4.49. The molecule has 0 bridgehead atoms. The van der Waals surface area contributed by atoms with Crippen molar-refractivity contribution in [3.8, 4) is 12.3 Å². The van der Waals surface area contributed by atoms with E-state index in [1.54, 1.807) is 0 Å². The van der Waals surface area contributed by atoms with E-state index >= 15 is 0 Å². The molecule has 0 unspecified atom stereocenters. The van der Waals surface area contributed by atoms with Crippen LogP contribution in [0.5, 0.6) is 0 Å². The van der Waals surface area contributed by atoms with Crippen molar-refractivity contribution in [2.75, 3.05) is 6.61 Å². The third-order valence-electron chi connectivity index (χ3n) is 1.91. The maximum Gasteiger partial charge on any atom is 0.311 e. The second-order valence-electron chi connectivity index (χ2n) is 2.94. The van der Waals surface area contributed by atoms with Gasteiger partial charge in [-0.3, -0.25) is 4.79 Å². The largest absolute Gasteiger partial charge is 0.452 e. The molecule has 1 aromatic rings. The van der Waals surface area contributed by atoms with E-state index < -0.39 is 0 Å². The van der Waals surface area contributed by atoms with Crippen molar-refractivity contribution in [3.63, 3.8) is 0 Å². The Bertz CT molecular complexity index is 379. The van der Waals surface area contributed by atoms with Gasteiger partial charge in [-0.1, -0.05) is 46.1 Å². The van der Waals surface area contributed by atoms with E-state index in [1.807, 2.05) is 24.3 Å². The molecule has 1 rings (SSSR count). The van der Waals surface area contributed by atoms with Crippen molar-refractivity contribution < 1.29 is 9.53 Å². The molecule has 0 aliphatic carbocycles. The molecule has 1 aromatic carbocycles. The second-order valence-corrected chi connectivity index (χ2v) is 3.50. The van der Waals surface area contributed by atoms with Crippen LogP contribution < -0.4 is 0 Å². The third-order valence-corrected chi connectivity index (χ3v) is 2.52. The number of rotatable bonds is 4. The number of carbonyl (C=O) groups excluding carboxylic acids is 1. The summed E-state index contributed by atoms with van der Waals surface area (Å²) in [6, 6.07) is 7.72. The number of terminal acetylenes is 1. The lowest BCUT2D eigenvalue weighted by Crippen LogP contribution is -2.09.